The largest absolute Gasteiger partial charge is 0.388 e. The molecule has 4 rings (SSSR count). The van der Waals surface area contributed by atoms with Gasteiger partial charge >= 0.3 is 0 Å². The lowest BCUT2D eigenvalue weighted by Gasteiger charge is -2.16. The van der Waals surface area contributed by atoms with Crippen LogP contribution in [0.4, 0.5) is 11.4 Å². The topological polar surface area (TPSA) is 140 Å². The van der Waals surface area contributed by atoms with Crippen molar-refractivity contribution in [2.75, 3.05) is 17.7 Å². The minimum absolute atomic E-state index is 0.0593. The van der Waals surface area contributed by atoms with E-state index in [-0.39, 0.29) is 24.8 Å². The predicted molar refractivity (Wildman–Crippen MR) is 140 cm³/mol. The molecule has 0 aliphatic carbocycles. The van der Waals surface area contributed by atoms with E-state index in [1.54, 1.807) is 25.2 Å². The van der Waals surface area contributed by atoms with E-state index in [9.17, 15) is 23.1 Å². The molecule has 5 N–H and O–H groups in total. The van der Waals surface area contributed by atoms with Crippen molar-refractivity contribution in [3.05, 3.63) is 84.5 Å². The Labute approximate surface area is 213 Å². The summed E-state index contributed by atoms with van der Waals surface area (Å²) in [5, 5.41) is 16.1. The third kappa shape index (κ3) is 5.50. The SMILES string of the molecule is CNc1ccc2c(=O)c(-c3ccc(NC(O)NS(=O)(=O)c4ccc(Cl)s4)cc3Cl)cc(=O)[nH]c2c1. The summed E-state index contributed by atoms with van der Waals surface area (Å²) in [6.45, 7) is 0. The molecule has 0 bridgehead atoms. The molecule has 1 unspecified atom stereocenters. The Kier molecular flexibility index (Phi) is 7.17. The number of fused-ring (bicyclic) bond motifs is 1. The van der Waals surface area contributed by atoms with E-state index in [2.05, 4.69) is 20.3 Å². The van der Waals surface area contributed by atoms with Crippen LogP contribution in [0.1, 0.15) is 0 Å². The number of nitrogens with one attached hydrogen (secondary N) is 4. The van der Waals surface area contributed by atoms with Gasteiger partial charge in [-0.25, -0.2) is 8.42 Å². The zero-order valence-corrected chi connectivity index (χ0v) is 21.1. The van der Waals surface area contributed by atoms with E-state index in [0.29, 0.717) is 16.5 Å². The molecule has 2 aromatic carbocycles. The number of halogens is 2. The number of thiophene rings is 1. The Bertz CT molecular complexity index is 1650. The molecule has 0 radical (unpaired) electrons. The lowest BCUT2D eigenvalue weighted by molar-refractivity contribution is 0.192. The number of aliphatic hydroxyl groups is 1. The summed E-state index contributed by atoms with van der Waals surface area (Å²) in [4.78, 5) is 28.3. The Morgan fingerprint density at radius 2 is 1.71 bits per heavy atom. The van der Waals surface area contributed by atoms with E-state index < -0.39 is 27.4 Å². The van der Waals surface area contributed by atoms with Gasteiger partial charge in [-0.15, -0.1) is 11.3 Å². The maximum absolute atomic E-state index is 13.2. The van der Waals surface area contributed by atoms with E-state index in [1.165, 1.54) is 36.4 Å². The molecule has 0 aliphatic heterocycles. The molecule has 0 spiro atoms. The molecule has 13 heteroatoms. The molecule has 182 valence electrons. The van der Waals surface area contributed by atoms with Crippen molar-refractivity contribution < 1.29 is 13.5 Å². The monoisotopic (exact) mass is 552 g/mol. The number of rotatable bonds is 7. The summed E-state index contributed by atoms with van der Waals surface area (Å²) >= 11 is 13.0. The standard InChI is InChI=1S/C22H18Cl2N4O5S2/c1-25-11-2-5-14-17(9-11)27-19(29)10-15(21(14)30)13-4-3-12(8-16(13)23)26-22(31)28-35(32,33)20-7-6-18(24)34-20/h2-10,22,25-26,28,31H,1H3,(H,27,29). The van der Waals surface area contributed by atoms with Crippen molar-refractivity contribution in [2.45, 2.75) is 10.6 Å². The molecule has 0 saturated carbocycles. The third-order valence-electron chi connectivity index (χ3n) is 4.97. The number of H-pyrrole nitrogens is 1. The predicted octanol–water partition coefficient (Wildman–Crippen LogP) is 3.63. The minimum Gasteiger partial charge on any atom is -0.388 e. The first kappa shape index (κ1) is 25.2. The second kappa shape index (κ2) is 9.97. The molecule has 9 nitrogen and oxygen atoms in total. The Morgan fingerprint density at radius 3 is 2.37 bits per heavy atom. The summed E-state index contributed by atoms with van der Waals surface area (Å²) in [5.41, 5.74) is 0.864. The highest BCUT2D eigenvalue weighted by Gasteiger charge is 2.21. The van der Waals surface area contributed by atoms with Crippen molar-refractivity contribution in [2.24, 2.45) is 0 Å². The van der Waals surface area contributed by atoms with Gasteiger partial charge in [-0.1, -0.05) is 29.3 Å². The van der Waals surface area contributed by atoms with Crippen LogP contribution < -0.4 is 26.3 Å². The fraction of sp³-hybridized carbons (Fsp3) is 0.0909. The number of aliphatic hydroxyl groups excluding tert-OH is 1. The van der Waals surface area contributed by atoms with Gasteiger partial charge in [-0.3, -0.25) is 9.59 Å². The van der Waals surface area contributed by atoms with Crippen molar-refractivity contribution in [1.29, 1.82) is 0 Å². The van der Waals surface area contributed by atoms with Crippen LogP contribution in [0, 0.1) is 0 Å². The van der Waals surface area contributed by atoms with Crippen LogP contribution in [-0.2, 0) is 10.0 Å². The van der Waals surface area contributed by atoms with Crippen molar-refractivity contribution in [3.8, 4) is 11.1 Å². The average Bonchev–Trinajstić information content (AvgIpc) is 3.19. The second-order valence-electron chi connectivity index (χ2n) is 7.31. The summed E-state index contributed by atoms with van der Waals surface area (Å²) in [7, 11) is -2.29. The molecule has 2 aromatic heterocycles. The highest BCUT2D eigenvalue weighted by molar-refractivity contribution is 7.91. The Hall–Kier alpha value is -2.93. The van der Waals surface area contributed by atoms with Gasteiger partial charge in [0.1, 0.15) is 4.21 Å². The fourth-order valence-electron chi connectivity index (χ4n) is 3.37. The van der Waals surface area contributed by atoms with Crippen molar-refractivity contribution in [1.82, 2.24) is 9.71 Å². The molecule has 1 atom stereocenters. The van der Waals surface area contributed by atoms with Crippen LogP contribution in [0.15, 0.2) is 68.4 Å². The van der Waals surface area contributed by atoms with Crippen molar-refractivity contribution >= 4 is 66.8 Å². The number of aromatic nitrogens is 1. The lowest BCUT2D eigenvalue weighted by Crippen LogP contribution is -2.39. The van der Waals surface area contributed by atoms with Crippen LogP contribution in [0.25, 0.3) is 22.0 Å². The highest BCUT2D eigenvalue weighted by atomic mass is 35.5. The third-order valence-corrected chi connectivity index (χ3v) is 8.42. The molecule has 0 aliphatic rings. The van der Waals surface area contributed by atoms with Gasteiger partial charge in [-0.2, -0.15) is 4.72 Å². The first-order valence-corrected chi connectivity index (χ1v) is 13.0. The molecule has 35 heavy (non-hydrogen) atoms. The fourth-order valence-corrected chi connectivity index (χ4v) is 6.13. The van der Waals surface area contributed by atoms with Gasteiger partial charge < -0.3 is 20.7 Å². The van der Waals surface area contributed by atoms with E-state index >= 15 is 0 Å². The second-order valence-corrected chi connectivity index (χ2v) is 11.4. The van der Waals surface area contributed by atoms with E-state index in [0.717, 1.165) is 17.0 Å². The maximum atomic E-state index is 13.2. The Morgan fingerprint density at radius 1 is 0.971 bits per heavy atom. The van der Waals surface area contributed by atoms with Gasteiger partial charge in [-0.05, 0) is 42.5 Å². The number of sulfonamides is 1. The molecular formula is C22H18Cl2N4O5S2. The summed E-state index contributed by atoms with van der Waals surface area (Å²) in [6, 6.07) is 13.3. The first-order valence-electron chi connectivity index (χ1n) is 9.99. The number of aromatic amines is 1. The number of benzene rings is 2. The summed E-state index contributed by atoms with van der Waals surface area (Å²) in [5.74, 6) is 0. The molecular weight excluding hydrogens is 535 g/mol. The van der Waals surface area contributed by atoms with Gasteiger partial charge in [0.25, 0.3) is 10.0 Å². The Balaban J connectivity index is 1.64. The lowest BCUT2D eigenvalue weighted by atomic mass is 10.0. The number of anilines is 2. The number of hydrogen-bond acceptors (Lipinski definition) is 8. The minimum atomic E-state index is -4.01. The summed E-state index contributed by atoms with van der Waals surface area (Å²) in [6.07, 6.45) is -1.68. The van der Waals surface area contributed by atoms with Gasteiger partial charge in [0.05, 0.1) is 14.9 Å². The zero-order valence-electron chi connectivity index (χ0n) is 17.9. The average molecular weight is 553 g/mol. The van der Waals surface area contributed by atoms with Crippen LogP contribution >= 0.6 is 34.5 Å². The van der Waals surface area contributed by atoms with Crippen LogP contribution in [-0.4, -0.2) is 31.9 Å². The van der Waals surface area contributed by atoms with Crippen LogP contribution in [0.2, 0.25) is 9.36 Å². The quantitative estimate of drug-likeness (QED) is 0.220. The van der Waals surface area contributed by atoms with Gasteiger partial charge in [0, 0.05) is 41.0 Å². The highest BCUT2D eigenvalue weighted by Crippen LogP contribution is 2.29. The molecule has 0 saturated heterocycles. The van der Waals surface area contributed by atoms with Crippen LogP contribution in [0.3, 0.4) is 0 Å². The molecule has 0 amide bonds. The zero-order chi connectivity index (χ0) is 25.3. The number of hydrogen-bond donors (Lipinski definition) is 5. The molecule has 4 aromatic rings. The first-order chi connectivity index (χ1) is 16.6. The van der Waals surface area contributed by atoms with Crippen molar-refractivity contribution in [3.63, 3.8) is 0 Å². The summed E-state index contributed by atoms with van der Waals surface area (Å²) < 4.78 is 27.0. The van der Waals surface area contributed by atoms with Gasteiger partial charge in [0.2, 0.25) is 5.56 Å². The molecule has 2 heterocycles. The molecule has 0 fully saturated rings. The van der Waals surface area contributed by atoms with E-state index in [4.69, 9.17) is 23.2 Å². The van der Waals surface area contributed by atoms with Gasteiger partial charge in [0.15, 0.2) is 11.8 Å². The van der Waals surface area contributed by atoms with Crippen LogP contribution in [0.5, 0.6) is 0 Å². The smallest absolute Gasteiger partial charge is 0.253 e. The van der Waals surface area contributed by atoms with E-state index in [1.807, 2.05) is 0 Å². The normalized spacial score (nSPS) is 12.5. The maximum Gasteiger partial charge on any atom is 0.253 e.